The fourth-order valence-electron chi connectivity index (χ4n) is 14.2. The van der Waals surface area contributed by atoms with Gasteiger partial charge in [-0.15, -0.1) is 0 Å². The molecule has 4 aliphatic heterocycles. The molecular weight excluding hydrogens is 1370 g/mol. The number of hydrogen-bond acceptors (Lipinski definition) is 12. The molecule has 4 fully saturated rings. The van der Waals surface area contributed by atoms with E-state index in [1.807, 2.05) is 42.5 Å². The van der Waals surface area contributed by atoms with Crippen molar-refractivity contribution in [2.75, 3.05) is 96.2 Å². The van der Waals surface area contributed by atoms with E-state index in [-0.39, 0.29) is 78.8 Å². The van der Waals surface area contributed by atoms with Gasteiger partial charge in [0.05, 0.1) is 31.0 Å². The van der Waals surface area contributed by atoms with Gasteiger partial charge in [0.2, 0.25) is 0 Å². The number of benzene rings is 6. The number of rotatable bonds is 20. The molecule has 0 radical (unpaired) electrons. The van der Waals surface area contributed by atoms with E-state index in [1.54, 1.807) is 84.7 Å². The summed E-state index contributed by atoms with van der Waals surface area (Å²) >= 11 is 24.0. The number of likely N-dealkylation sites (tertiary alicyclic amines) is 3. The van der Waals surface area contributed by atoms with Crippen LogP contribution in [0.15, 0.2) is 143 Å². The lowest BCUT2D eigenvalue weighted by Crippen LogP contribution is -2.49. The van der Waals surface area contributed by atoms with Crippen molar-refractivity contribution in [3.8, 4) is 11.5 Å². The van der Waals surface area contributed by atoms with Crippen molar-refractivity contribution in [3.63, 3.8) is 0 Å². The normalized spacial score (nSPS) is 18.0. The molecule has 8 N–H and O–H groups in total. The molecule has 13 rings (SSSR count). The van der Waals surface area contributed by atoms with Gasteiger partial charge in [-0.1, -0.05) is 115 Å². The molecule has 19 nitrogen and oxygen atoms in total. The number of fused-ring (bicyclic) bond motifs is 3. The van der Waals surface area contributed by atoms with Crippen LogP contribution in [0.3, 0.4) is 0 Å². The highest BCUT2D eigenvalue weighted by Crippen LogP contribution is 2.33. The summed E-state index contributed by atoms with van der Waals surface area (Å²) in [6, 6.07) is 38.1. The summed E-state index contributed by atoms with van der Waals surface area (Å²) in [7, 11) is 1.81. The van der Waals surface area contributed by atoms with E-state index in [4.69, 9.17) is 55.9 Å². The van der Waals surface area contributed by atoms with E-state index >= 15 is 0 Å². The van der Waals surface area contributed by atoms with Gasteiger partial charge in [0.25, 0.3) is 22.9 Å². The Labute approximate surface area is 617 Å². The Hall–Kier alpha value is -7.79. The minimum Gasteiger partial charge on any atom is -0.490 e. The van der Waals surface area contributed by atoms with Gasteiger partial charge >= 0.3 is 6.03 Å². The Morgan fingerprint density at radius 1 is 0.673 bits per heavy atom. The number of pyridine rings is 1. The SMILES string of the molecule is C.CN(CCCN1CCC(Oc2ccc(Cl)c(Cl)c2)CC1)C(=O)c1c[nH]c(=O)c2ccccc12.O.O=C(NCCCN1CCC(Oc2ccc(Cl)c(Cl)c2)CC1)c1n[nH]c(=O)c2ccccc12.O=C(Nc1ccc2c(c1)CCN2)NC1CCCC[C@H]1CN1CCC[C@@H](Cc2ccc(F)cc2)C1.[HH].[HH].[HH].[HH].[HH]. The number of aromatic nitrogens is 3. The van der Waals surface area contributed by atoms with Crippen LogP contribution >= 0.6 is 46.4 Å². The first kappa shape index (κ1) is 77.4. The summed E-state index contributed by atoms with van der Waals surface area (Å²) in [4.78, 5) is 74.0. The number of amides is 4. The van der Waals surface area contributed by atoms with Gasteiger partial charge in [0.15, 0.2) is 5.69 Å². The van der Waals surface area contributed by atoms with E-state index in [1.165, 1.54) is 55.1 Å². The van der Waals surface area contributed by atoms with Gasteiger partial charge in [-0.05, 0) is 186 Å². The second-order valence-electron chi connectivity index (χ2n) is 26.6. The third-order valence-corrected chi connectivity index (χ3v) is 21.0. The standard InChI is InChI=1S/C28H37FN4O.C25H27Cl2N3O3.C23H24Cl2N4O3.CH4.H2O.5H2/c29-24-9-7-20(8-10-24)16-21-4-3-15-33(18-21)19-23-5-1-2-6-27(23)32-28(34)31-25-11-12-26-22(17-25)13-14-30-26;1-29(25(32)21-16-28-24(31)20-6-3-2-5-19(20)21)11-4-12-30-13-9-17(10-14-30)33-18-7-8-22(26)23(27)15-18;24-19-7-6-16(14-20(19)25)32-15-8-12-29(13-9-15)11-3-10-26-23(31)21-17-4-1-2-5-18(17)22(30)28-27-21;;;;;;;/h7-12,17,21,23,27,30H,1-6,13-16,18-19H2,(H2,31,32,34);2-3,5-8,15-17H,4,9-14H2,1H3,(H,28,31);1-2,4-7,14-15H,3,8-13H2,(H,26,31)(H,28,30);1H4;1H2;5*1H/t21-,23-,27?;;;;;;;;;/m0........./s1. The van der Waals surface area contributed by atoms with E-state index in [0.717, 1.165) is 140 Å². The molecule has 2 aromatic heterocycles. The highest BCUT2D eigenvalue weighted by molar-refractivity contribution is 6.42. The lowest BCUT2D eigenvalue weighted by Gasteiger charge is -2.39. The Morgan fingerprint density at radius 2 is 1.29 bits per heavy atom. The van der Waals surface area contributed by atoms with Crippen molar-refractivity contribution in [1.82, 2.24) is 45.4 Å². The van der Waals surface area contributed by atoms with Crippen molar-refractivity contribution in [2.45, 2.75) is 116 Å². The smallest absolute Gasteiger partial charge is 0.319 e. The zero-order chi connectivity index (χ0) is 69.2. The first-order valence-corrected chi connectivity index (χ1v) is 36.3. The fourth-order valence-corrected chi connectivity index (χ4v) is 14.8. The molecule has 1 aliphatic carbocycles. The molecule has 6 heterocycles. The molecule has 550 valence electrons. The first-order valence-electron chi connectivity index (χ1n) is 34.8. The summed E-state index contributed by atoms with van der Waals surface area (Å²) in [6.07, 6.45) is 16.4. The van der Waals surface area contributed by atoms with Gasteiger partial charge in [-0.25, -0.2) is 14.3 Å². The zero-order valence-corrected chi connectivity index (χ0v) is 59.5. The van der Waals surface area contributed by atoms with Gasteiger partial charge in [-0.3, -0.25) is 19.2 Å². The number of piperidine rings is 3. The molecule has 6 aromatic carbocycles. The Bertz CT molecular complexity index is 4200. The number of nitrogens with one attached hydrogen (secondary N) is 6. The molecule has 5 aliphatic rings. The number of ether oxygens (including phenoxy) is 2. The Kier molecular flexibility index (Phi) is 29.1. The van der Waals surface area contributed by atoms with Crippen LogP contribution < -0.4 is 41.9 Å². The summed E-state index contributed by atoms with van der Waals surface area (Å²) in [6.45, 7) is 11.0. The van der Waals surface area contributed by atoms with Crippen molar-refractivity contribution in [2.24, 2.45) is 11.8 Å². The third kappa shape index (κ3) is 21.9. The van der Waals surface area contributed by atoms with Gasteiger partial charge in [0, 0.05) is 125 Å². The van der Waals surface area contributed by atoms with Crippen LogP contribution in [0.1, 0.15) is 124 Å². The molecule has 24 heteroatoms. The largest absolute Gasteiger partial charge is 0.490 e. The van der Waals surface area contributed by atoms with Crippen LogP contribution in [0.5, 0.6) is 11.5 Å². The molecular formula is C77H104Cl4FN11O8. The number of hydrogen-bond donors (Lipinski definition) is 6. The third-order valence-electron chi connectivity index (χ3n) is 19.5. The maximum Gasteiger partial charge on any atom is 0.319 e. The van der Waals surface area contributed by atoms with Crippen LogP contribution in [-0.2, 0) is 12.8 Å². The lowest BCUT2D eigenvalue weighted by molar-refractivity contribution is 0.0773. The summed E-state index contributed by atoms with van der Waals surface area (Å²) < 4.78 is 25.3. The second-order valence-corrected chi connectivity index (χ2v) is 28.2. The van der Waals surface area contributed by atoms with Crippen molar-refractivity contribution in [3.05, 3.63) is 203 Å². The first-order chi connectivity index (χ1) is 48.0. The Morgan fingerprint density at radius 3 is 1.94 bits per heavy atom. The van der Waals surface area contributed by atoms with Gasteiger partial charge in [-0.2, -0.15) is 5.10 Å². The van der Waals surface area contributed by atoms with Crippen LogP contribution in [0, 0.1) is 17.7 Å². The van der Waals surface area contributed by atoms with Gasteiger partial charge in [0.1, 0.15) is 29.5 Å². The lowest BCUT2D eigenvalue weighted by atomic mass is 9.83. The maximum atomic E-state index is 13.2. The molecule has 1 saturated carbocycles. The summed E-state index contributed by atoms with van der Waals surface area (Å²) in [5, 5.41) is 23.2. The summed E-state index contributed by atoms with van der Waals surface area (Å²) in [5.74, 6) is 2.06. The van der Waals surface area contributed by atoms with Crippen LogP contribution in [0.4, 0.5) is 20.6 Å². The molecule has 1 unspecified atom stereocenters. The average molecular weight is 1470 g/mol. The van der Waals surface area contributed by atoms with Crippen molar-refractivity contribution in [1.29, 1.82) is 0 Å². The topological polar surface area (TPSA) is 241 Å². The average Bonchev–Trinajstić information content (AvgIpc) is 0.932. The second kappa shape index (κ2) is 37.9. The maximum absolute atomic E-state index is 13.2. The predicted octanol–water partition coefficient (Wildman–Crippen LogP) is 15.2. The van der Waals surface area contributed by atoms with E-state index in [2.05, 4.69) is 63.3 Å². The highest BCUT2D eigenvalue weighted by Gasteiger charge is 2.31. The van der Waals surface area contributed by atoms with Crippen molar-refractivity contribution >= 4 is 97.2 Å². The van der Waals surface area contributed by atoms with E-state index < -0.39 is 0 Å². The number of carbonyl (C=O) groups is 3. The minimum atomic E-state index is -0.302. The molecule has 8 aromatic rings. The molecule has 0 spiro atoms. The fraction of sp³-hybridized carbons (Fsp3) is 0.429. The minimum absolute atomic E-state index is 0. The number of nitrogens with zero attached hydrogens (tertiary/aromatic N) is 5. The van der Waals surface area contributed by atoms with Gasteiger partial charge < -0.3 is 60.8 Å². The molecule has 0 bridgehead atoms. The van der Waals surface area contributed by atoms with Crippen LogP contribution in [0.2, 0.25) is 20.1 Å². The van der Waals surface area contributed by atoms with E-state index in [9.17, 15) is 28.4 Å². The molecule has 101 heavy (non-hydrogen) atoms. The summed E-state index contributed by atoms with van der Waals surface area (Å²) in [5.41, 5.74) is 4.82. The quantitative estimate of drug-likeness (QED) is 0.0391. The number of aromatic amines is 2. The highest BCUT2D eigenvalue weighted by atomic mass is 35.5. The molecule has 4 amide bonds. The molecule has 3 saturated heterocycles. The zero-order valence-electron chi connectivity index (χ0n) is 56.5. The van der Waals surface area contributed by atoms with Crippen LogP contribution in [-0.4, -0.2) is 162 Å². The van der Waals surface area contributed by atoms with E-state index in [0.29, 0.717) is 72.1 Å². The monoisotopic (exact) mass is 1470 g/mol. The Balaban J connectivity index is 0.000000326. The number of carbonyl (C=O) groups excluding carboxylic acids is 3. The number of anilines is 2. The number of urea groups is 1. The van der Waals surface area contributed by atoms with Crippen LogP contribution in [0.25, 0.3) is 21.5 Å². The predicted molar refractivity (Wildman–Crippen MR) is 415 cm³/mol. The number of H-pyrrole nitrogens is 2. The van der Waals surface area contributed by atoms with Crippen molar-refractivity contribution < 1.29 is 40.9 Å². The number of halogens is 5. The molecule has 3 atom stereocenters.